The zero-order valence-electron chi connectivity index (χ0n) is 15.7. The SMILES string of the molecule is Cc1ccc(NC(=O)C2=CC=CC(C(F)(F)F)=CC2)cc1NC(=O)c1cnc(N)s1. The number of halogens is 3. The molecule has 0 unspecified atom stereocenters. The molecule has 4 N–H and O–H groups in total. The molecule has 1 heterocycles. The van der Waals surface area contributed by atoms with Gasteiger partial charge in [0.2, 0.25) is 0 Å². The molecule has 0 fully saturated rings. The van der Waals surface area contributed by atoms with E-state index in [-0.39, 0.29) is 17.1 Å². The Morgan fingerprint density at radius 3 is 2.63 bits per heavy atom. The van der Waals surface area contributed by atoms with Gasteiger partial charge in [0.05, 0.1) is 11.8 Å². The third-order valence-electron chi connectivity index (χ3n) is 4.23. The van der Waals surface area contributed by atoms with Crippen LogP contribution in [0.5, 0.6) is 0 Å². The van der Waals surface area contributed by atoms with Gasteiger partial charge in [0, 0.05) is 16.9 Å². The number of thiazole rings is 1. The fraction of sp³-hybridized carbons (Fsp3) is 0.150. The number of benzene rings is 1. The molecule has 2 aromatic rings. The van der Waals surface area contributed by atoms with Gasteiger partial charge >= 0.3 is 6.18 Å². The van der Waals surface area contributed by atoms with Gasteiger partial charge in [-0.3, -0.25) is 9.59 Å². The summed E-state index contributed by atoms with van der Waals surface area (Å²) in [7, 11) is 0. The number of hydrogen-bond acceptors (Lipinski definition) is 5. The van der Waals surface area contributed by atoms with Gasteiger partial charge in [-0.1, -0.05) is 41.7 Å². The highest BCUT2D eigenvalue weighted by Crippen LogP contribution is 2.29. The third-order valence-corrected chi connectivity index (χ3v) is 5.05. The highest BCUT2D eigenvalue weighted by molar-refractivity contribution is 7.17. The Bertz CT molecular complexity index is 1080. The van der Waals surface area contributed by atoms with Gasteiger partial charge in [-0.25, -0.2) is 4.98 Å². The highest BCUT2D eigenvalue weighted by Gasteiger charge is 2.32. The van der Waals surface area contributed by atoms with E-state index in [1.807, 2.05) is 0 Å². The molecule has 2 amide bonds. The topological polar surface area (TPSA) is 97.1 Å². The average Bonchev–Trinajstić information content (AvgIpc) is 2.95. The normalized spacial score (nSPS) is 13.9. The molecule has 3 rings (SSSR count). The zero-order valence-corrected chi connectivity index (χ0v) is 16.5. The summed E-state index contributed by atoms with van der Waals surface area (Å²) < 4.78 is 38.5. The van der Waals surface area contributed by atoms with Crippen LogP contribution in [0.25, 0.3) is 0 Å². The number of nitrogens with zero attached hydrogens (tertiary/aromatic N) is 1. The number of alkyl halides is 3. The van der Waals surface area contributed by atoms with Crippen molar-refractivity contribution in [3.05, 3.63) is 70.3 Å². The lowest BCUT2D eigenvalue weighted by Gasteiger charge is -2.12. The fourth-order valence-electron chi connectivity index (χ4n) is 2.62. The summed E-state index contributed by atoms with van der Waals surface area (Å²) in [6.07, 6.45) is 1.17. The largest absolute Gasteiger partial charge is 0.416 e. The maximum atomic E-state index is 12.8. The zero-order chi connectivity index (χ0) is 21.9. The third kappa shape index (κ3) is 5.15. The molecule has 0 spiro atoms. The van der Waals surface area contributed by atoms with Crippen LogP contribution in [-0.2, 0) is 4.79 Å². The van der Waals surface area contributed by atoms with Gasteiger partial charge in [-0.2, -0.15) is 13.2 Å². The molecular formula is C20H17F3N4O2S. The van der Waals surface area contributed by atoms with E-state index in [1.165, 1.54) is 18.3 Å². The number of allylic oxidation sites excluding steroid dienone is 5. The van der Waals surface area contributed by atoms with Gasteiger partial charge in [0.25, 0.3) is 11.8 Å². The minimum atomic E-state index is -4.47. The standard InChI is InChI=1S/C20H17F3N4O2S/c1-11-5-8-14(9-15(11)27-18(29)16-10-25-19(24)30-16)26-17(28)12-3-2-4-13(7-6-12)20(21,22)23/h2-5,7-10H,6H2,1H3,(H2,24,25)(H,26,28)(H,27,29). The lowest BCUT2D eigenvalue weighted by Crippen LogP contribution is -2.15. The van der Waals surface area contributed by atoms with Gasteiger partial charge in [-0.05, 0) is 31.0 Å². The molecule has 0 saturated carbocycles. The van der Waals surface area contributed by atoms with Gasteiger partial charge in [-0.15, -0.1) is 0 Å². The summed E-state index contributed by atoms with van der Waals surface area (Å²) in [6, 6.07) is 4.91. The maximum absolute atomic E-state index is 12.8. The van der Waals surface area contributed by atoms with Gasteiger partial charge in [0.15, 0.2) is 5.13 Å². The molecule has 156 valence electrons. The van der Waals surface area contributed by atoms with Crippen LogP contribution in [0.3, 0.4) is 0 Å². The van der Waals surface area contributed by atoms with E-state index < -0.39 is 23.6 Å². The van der Waals surface area contributed by atoms with Crippen LogP contribution < -0.4 is 16.4 Å². The minimum absolute atomic E-state index is 0.157. The molecule has 0 radical (unpaired) electrons. The van der Waals surface area contributed by atoms with Gasteiger partial charge < -0.3 is 16.4 Å². The van der Waals surface area contributed by atoms with Crippen molar-refractivity contribution >= 4 is 39.7 Å². The quantitative estimate of drug-likeness (QED) is 0.655. The summed E-state index contributed by atoms with van der Waals surface area (Å²) in [5.74, 6) is -0.923. The van der Waals surface area contributed by atoms with Crippen molar-refractivity contribution in [2.45, 2.75) is 19.5 Å². The molecule has 1 aromatic carbocycles. The van der Waals surface area contributed by atoms with Crippen molar-refractivity contribution in [1.29, 1.82) is 0 Å². The number of nitrogens with two attached hydrogens (primary N) is 1. The van der Waals surface area contributed by atoms with Crippen LogP contribution in [-0.4, -0.2) is 23.0 Å². The Morgan fingerprint density at radius 2 is 1.97 bits per heavy atom. The lowest BCUT2D eigenvalue weighted by atomic mass is 10.1. The van der Waals surface area contributed by atoms with Crippen LogP contribution in [0.1, 0.15) is 21.7 Å². The number of carbonyl (C=O) groups is 2. The number of aryl methyl sites for hydroxylation is 1. The predicted molar refractivity (Wildman–Crippen MR) is 110 cm³/mol. The van der Waals surface area contributed by atoms with Crippen molar-refractivity contribution in [2.75, 3.05) is 16.4 Å². The lowest BCUT2D eigenvalue weighted by molar-refractivity contribution is -0.113. The number of nitrogens with one attached hydrogen (secondary N) is 2. The summed E-state index contributed by atoms with van der Waals surface area (Å²) in [6.45, 7) is 1.78. The summed E-state index contributed by atoms with van der Waals surface area (Å²) >= 11 is 1.04. The first-order valence-corrected chi connectivity index (χ1v) is 9.54. The van der Waals surface area contributed by atoms with Crippen molar-refractivity contribution < 1.29 is 22.8 Å². The highest BCUT2D eigenvalue weighted by atomic mass is 32.1. The summed E-state index contributed by atoms with van der Waals surface area (Å²) in [5.41, 5.74) is 6.53. The number of rotatable bonds is 4. The maximum Gasteiger partial charge on any atom is 0.416 e. The summed E-state index contributed by atoms with van der Waals surface area (Å²) in [4.78, 5) is 29.0. The molecular weight excluding hydrogens is 417 g/mol. The molecule has 0 saturated heterocycles. The van der Waals surface area contributed by atoms with E-state index in [2.05, 4.69) is 15.6 Å². The molecule has 10 heteroatoms. The van der Waals surface area contributed by atoms with Crippen LogP contribution >= 0.6 is 11.3 Å². The average molecular weight is 434 g/mol. The van der Waals surface area contributed by atoms with E-state index >= 15 is 0 Å². The summed E-state index contributed by atoms with van der Waals surface area (Å²) in [5, 5.41) is 5.64. The van der Waals surface area contributed by atoms with Crippen molar-refractivity contribution in [2.24, 2.45) is 0 Å². The minimum Gasteiger partial charge on any atom is -0.375 e. The van der Waals surface area contributed by atoms with E-state index in [0.29, 0.717) is 16.3 Å². The first-order chi connectivity index (χ1) is 14.1. The molecule has 0 atom stereocenters. The van der Waals surface area contributed by atoms with E-state index in [4.69, 9.17) is 5.73 Å². The first-order valence-electron chi connectivity index (χ1n) is 8.73. The van der Waals surface area contributed by atoms with E-state index in [1.54, 1.807) is 25.1 Å². The van der Waals surface area contributed by atoms with Crippen molar-refractivity contribution in [3.8, 4) is 0 Å². The molecule has 1 aliphatic rings. The molecule has 6 nitrogen and oxygen atoms in total. The van der Waals surface area contributed by atoms with Gasteiger partial charge in [0.1, 0.15) is 4.88 Å². The van der Waals surface area contributed by atoms with Crippen LogP contribution in [0, 0.1) is 6.92 Å². The number of hydrogen-bond donors (Lipinski definition) is 3. The Morgan fingerprint density at radius 1 is 1.20 bits per heavy atom. The molecule has 1 aliphatic carbocycles. The first kappa shape index (κ1) is 21.3. The fourth-order valence-corrected chi connectivity index (χ4v) is 3.20. The number of anilines is 3. The smallest absolute Gasteiger partial charge is 0.375 e. The second-order valence-electron chi connectivity index (χ2n) is 6.41. The van der Waals surface area contributed by atoms with Crippen LogP contribution in [0.2, 0.25) is 0 Å². The van der Waals surface area contributed by atoms with E-state index in [9.17, 15) is 22.8 Å². The second kappa shape index (κ2) is 8.54. The number of carbonyl (C=O) groups excluding carboxylic acids is 2. The predicted octanol–water partition coefficient (Wildman–Crippen LogP) is 4.60. The Hall–Kier alpha value is -3.40. The number of amides is 2. The number of aromatic nitrogens is 1. The Kier molecular flexibility index (Phi) is 6.06. The Labute approximate surface area is 174 Å². The molecule has 0 aliphatic heterocycles. The molecule has 1 aromatic heterocycles. The second-order valence-corrected chi connectivity index (χ2v) is 7.48. The monoisotopic (exact) mass is 434 g/mol. The molecule has 0 bridgehead atoms. The van der Waals surface area contributed by atoms with Crippen LogP contribution in [0.15, 0.2) is 59.8 Å². The van der Waals surface area contributed by atoms with E-state index in [0.717, 1.165) is 29.1 Å². The number of nitrogen functional groups attached to an aromatic ring is 1. The van der Waals surface area contributed by atoms with Crippen LogP contribution in [0.4, 0.5) is 29.7 Å². The Balaban J connectivity index is 1.71. The molecule has 30 heavy (non-hydrogen) atoms. The van der Waals surface area contributed by atoms with Crippen molar-refractivity contribution in [3.63, 3.8) is 0 Å². The van der Waals surface area contributed by atoms with Crippen molar-refractivity contribution in [1.82, 2.24) is 4.98 Å².